The van der Waals surface area contributed by atoms with Gasteiger partial charge in [0.05, 0.1) is 12.3 Å². The lowest BCUT2D eigenvalue weighted by molar-refractivity contribution is 0.102. The van der Waals surface area contributed by atoms with Crippen molar-refractivity contribution in [2.75, 3.05) is 5.75 Å². The van der Waals surface area contributed by atoms with E-state index in [-0.39, 0.29) is 17.1 Å². The average molecular weight is 470 g/mol. The van der Waals surface area contributed by atoms with E-state index in [9.17, 15) is 14.0 Å². The van der Waals surface area contributed by atoms with Crippen LogP contribution in [0.3, 0.4) is 0 Å². The number of nitrogens with one attached hydrogen (secondary N) is 1. The van der Waals surface area contributed by atoms with Crippen molar-refractivity contribution in [2.45, 2.75) is 11.7 Å². The number of Topliss-reactive ketones (excluding diaryl/α,β-unsaturated/α-hetero) is 1. The molecule has 0 aliphatic rings. The van der Waals surface area contributed by atoms with E-state index in [1.807, 2.05) is 60.7 Å². The number of fused-ring (bicyclic) bond motifs is 1. The van der Waals surface area contributed by atoms with Crippen LogP contribution >= 0.6 is 11.8 Å². The molecule has 5 nitrogen and oxygen atoms in total. The smallest absolute Gasteiger partial charge is 0.278 e. The van der Waals surface area contributed by atoms with Crippen molar-refractivity contribution in [1.29, 1.82) is 0 Å². The van der Waals surface area contributed by atoms with E-state index in [1.54, 1.807) is 10.8 Å². The zero-order valence-corrected chi connectivity index (χ0v) is 18.9. The standard InChI is InChI=1S/C27H20FN3O2S/c28-21-13-11-20(12-14-21)23(32)17-34-27-30-24-22(19-9-5-2-6-10-19)15-29-25(24)26(33)31(27)16-18-7-3-1-4-8-18/h1-15,29H,16-17H2. The molecule has 0 aliphatic carbocycles. The fraction of sp³-hybridized carbons (Fsp3) is 0.0741. The summed E-state index contributed by atoms with van der Waals surface area (Å²) < 4.78 is 14.8. The van der Waals surface area contributed by atoms with Crippen molar-refractivity contribution in [3.8, 4) is 11.1 Å². The molecule has 0 bridgehead atoms. The van der Waals surface area contributed by atoms with Crippen LogP contribution < -0.4 is 5.56 Å². The molecule has 0 atom stereocenters. The van der Waals surface area contributed by atoms with Gasteiger partial charge in [0.15, 0.2) is 10.9 Å². The quantitative estimate of drug-likeness (QED) is 0.193. The number of ketones is 1. The van der Waals surface area contributed by atoms with E-state index in [4.69, 9.17) is 4.98 Å². The minimum absolute atomic E-state index is 0.0729. The third kappa shape index (κ3) is 4.43. The number of aromatic amines is 1. The molecule has 7 heteroatoms. The molecule has 5 rings (SSSR count). The number of hydrogen-bond acceptors (Lipinski definition) is 4. The second-order valence-corrected chi connectivity index (χ2v) is 8.72. The van der Waals surface area contributed by atoms with Gasteiger partial charge in [0.1, 0.15) is 16.9 Å². The van der Waals surface area contributed by atoms with Gasteiger partial charge in [-0.15, -0.1) is 0 Å². The lowest BCUT2D eigenvalue weighted by atomic mass is 10.1. The third-order valence-corrected chi connectivity index (χ3v) is 6.49. The Morgan fingerprint density at radius 2 is 1.62 bits per heavy atom. The molecule has 0 saturated carbocycles. The molecule has 3 aromatic carbocycles. The zero-order valence-electron chi connectivity index (χ0n) is 18.1. The molecule has 2 heterocycles. The highest BCUT2D eigenvalue weighted by Crippen LogP contribution is 2.28. The number of thioether (sulfide) groups is 1. The van der Waals surface area contributed by atoms with Crippen molar-refractivity contribution in [3.63, 3.8) is 0 Å². The Morgan fingerprint density at radius 3 is 2.32 bits per heavy atom. The minimum atomic E-state index is -0.395. The number of aromatic nitrogens is 3. The molecular formula is C27H20FN3O2S. The van der Waals surface area contributed by atoms with Gasteiger partial charge in [0.2, 0.25) is 0 Å². The molecule has 0 saturated heterocycles. The lowest BCUT2D eigenvalue weighted by Gasteiger charge is -2.12. The van der Waals surface area contributed by atoms with Crippen molar-refractivity contribution in [2.24, 2.45) is 0 Å². The average Bonchev–Trinajstić information content (AvgIpc) is 3.30. The number of H-pyrrole nitrogens is 1. The summed E-state index contributed by atoms with van der Waals surface area (Å²) in [4.78, 5) is 34.2. The van der Waals surface area contributed by atoms with Gasteiger partial charge in [-0.3, -0.25) is 14.2 Å². The number of nitrogens with zero attached hydrogens (tertiary/aromatic N) is 2. The number of carbonyl (C=O) groups is 1. The second-order valence-electron chi connectivity index (χ2n) is 7.78. The van der Waals surface area contributed by atoms with Gasteiger partial charge >= 0.3 is 0 Å². The van der Waals surface area contributed by atoms with Crippen molar-refractivity contribution in [3.05, 3.63) is 118 Å². The molecule has 0 radical (unpaired) electrons. The van der Waals surface area contributed by atoms with Crippen LogP contribution in [-0.2, 0) is 6.54 Å². The van der Waals surface area contributed by atoms with E-state index in [0.717, 1.165) is 16.7 Å². The van der Waals surface area contributed by atoms with Crippen LogP contribution in [0.4, 0.5) is 4.39 Å². The van der Waals surface area contributed by atoms with Gasteiger partial charge in [0.25, 0.3) is 5.56 Å². The third-order valence-electron chi connectivity index (χ3n) is 5.52. The molecule has 168 valence electrons. The van der Waals surface area contributed by atoms with E-state index in [1.165, 1.54) is 36.0 Å². The fourth-order valence-electron chi connectivity index (χ4n) is 3.78. The summed E-state index contributed by atoms with van der Waals surface area (Å²) in [6, 6.07) is 24.8. The van der Waals surface area contributed by atoms with Crippen LogP contribution in [-0.4, -0.2) is 26.1 Å². The molecule has 0 spiro atoms. The van der Waals surface area contributed by atoms with Gasteiger partial charge < -0.3 is 4.98 Å². The summed E-state index contributed by atoms with van der Waals surface area (Å²) in [5.74, 6) is -0.486. The van der Waals surface area contributed by atoms with Gasteiger partial charge in [-0.25, -0.2) is 9.37 Å². The molecule has 1 N–H and O–H groups in total. The number of benzene rings is 3. The first-order chi connectivity index (χ1) is 16.6. The lowest BCUT2D eigenvalue weighted by Crippen LogP contribution is -2.24. The summed E-state index contributed by atoms with van der Waals surface area (Å²) in [6.07, 6.45) is 1.79. The summed E-state index contributed by atoms with van der Waals surface area (Å²) in [7, 11) is 0. The molecule has 0 aliphatic heterocycles. The zero-order chi connectivity index (χ0) is 23.5. The van der Waals surface area contributed by atoms with E-state index in [0.29, 0.717) is 28.3 Å². The van der Waals surface area contributed by atoms with Gasteiger partial charge in [0, 0.05) is 17.3 Å². The Morgan fingerprint density at radius 1 is 0.941 bits per heavy atom. The normalized spacial score (nSPS) is 11.1. The van der Waals surface area contributed by atoms with Gasteiger partial charge in [-0.1, -0.05) is 72.4 Å². The monoisotopic (exact) mass is 469 g/mol. The largest absolute Gasteiger partial charge is 0.355 e. The Labute approximate surface area is 199 Å². The Balaban J connectivity index is 1.56. The van der Waals surface area contributed by atoms with Crippen molar-refractivity contribution < 1.29 is 9.18 Å². The van der Waals surface area contributed by atoms with E-state index < -0.39 is 5.82 Å². The van der Waals surface area contributed by atoms with Crippen LogP contribution in [0.2, 0.25) is 0 Å². The van der Waals surface area contributed by atoms with Crippen LogP contribution in [0.1, 0.15) is 15.9 Å². The van der Waals surface area contributed by atoms with Gasteiger partial charge in [-0.05, 0) is 35.4 Å². The highest BCUT2D eigenvalue weighted by molar-refractivity contribution is 7.99. The molecule has 34 heavy (non-hydrogen) atoms. The summed E-state index contributed by atoms with van der Waals surface area (Å²) in [6.45, 7) is 0.329. The maximum atomic E-state index is 13.5. The summed E-state index contributed by atoms with van der Waals surface area (Å²) in [5.41, 5.74) is 3.92. The van der Waals surface area contributed by atoms with Crippen LogP contribution in [0.5, 0.6) is 0 Å². The Bertz CT molecular complexity index is 1510. The molecule has 2 aromatic heterocycles. The number of halogens is 1. The maximum Gasteiger partial charge on any atom is 0.278 e. The van der Waals surface area contributed by atoms with Crippen LogP contribution in [0.25, 0.3) is 22.2 Å². The predicted octanol–water partition coefficient (Wildman–Crippen LogP) is 5.55. The molecule has 0 amide bonds. The minimum Gasteiger partial charge on any atom is -0.355 e. The first-order valence-corrected chi connectivity index (χ1v) is 11.7. The number of hydrogen-bond donors (Lipinski definition) is 1. The number of rotatable bonds is 7. The van der Waals surface area contributed by atoms with Crippen LogP contribution in [0.15, 0.2) is 101 Å². The molecular weight excluding hydrogens is 449 g/mol. The van der Waals surface area contributed by atoms with Gasteiger partial charge in [-0.2, -0.15) is 0 Å². The highest BCUT2D eigenvalue weighted by Gasteiger charge is 2.18. The van der Waals surface area contributed by atoms with Crippen LogP contribution in [0, 0.1) is 5.82 Å². The Kier molecular flexibility index (Phi) is 6.10. The van der Waals surface area contributed by atoms with Crippen molar-refractivity contribution >= 4 is 28.6 Å². The number of carbonyl (C=O) groups excluding carboxylic acids is 1. The molecule has 5 aromatic rings. The highest BCUT2D eigenvalue weighted by atomic mass is 32.2. The first kappa shape index (κ1) is 21.9. The molecule has 0 unspecified atom stereocenters. The van der Waals surface area contributed by atoms with E-state index in [2.05, 4.69) is 4.98 Å². The topological polar surface area (TPSA) is 67.8 Å². The SMILES string of the molecule is O=C(CSc1nc2c(-c3ccccc3)c[nH]c2c(=O)n1Cc1ccccc1)c1ccc(F)cc1. The summed E-state index contributed by atoms with van der Waals surface area (Å²) in [5, 5.41) is 0.452. The maximum absolute atomic E-state index is 13.5. The summed E-state index contributed by atoms with van der Waals surface area (Å²) >= 11 is 1.20. The van der Waals surface area contributed by atoms with E-state index >= 15 is 0 Å². The molecule has 0 fully saturated rings. The fourth-order valence-corrected chi connectivity index (χ4v) is 4.66. The predicted molar refractivity (Wildman–Crippen MR) is 133 cm³/mol. The Hall–Kier alpha value is -3.97. The first-order valence-electron chi connectivity index (χ1n) is 10.7. The second kappa shape index (κ2) is 9.49. The van der Waals surface area contributed by atoms with Crippen molar-refractivity contribution in [1.82, 2.24) is 14.5 Å².